The summed E-state index contributed by atoms with van der Waals surface area (Å²) in [7, 11) is 0. The Morgan fingerprint density at radius 1 is 1.45 bits per heavy atom. The van der Waals surface area contributed by atoms with Gasteiger partial charge in [-0.1, -0.05) is 23.2 Å². The zero-order valence-corrected chi connectivity index (χ0v) is 15.6. The first-order chi connectivity index (χ1) is 10.1. The molecule has 0 aliphatic carbocycles. The lowest BCUT2D eigenvalue weighted by molar-refractivity contribution is -0.121. The van der Waals surface area contributed by atoms with Crippen molar-refractivity contribution in [1.29, 1.82) is 0 Å². The van der Waals surface area contributed by atoms with Crippen molar-refractivity contribution in [2.75, 3.05) is 19.6 Å². The maximum atomic E-state index is 11.8. The summed E-state index contributed by atoms with van der Waals surface area (Å²) >= 11 is 13.3. The van der Waals surface area contributed by atoms with Crippen LogP contribution in [-0.4, -0.2) is 25.5 Å². The Balaban J connectivity index is 0.00000242. The Bertz CT molecular complexity index is 462. The standard InChI is InChI=1S/C15H22Cl2N2OS.ClH/c16-13-9-12(15(17)21-13)4-1-5-14(20)19-8-6-11-3-2-7-18-10-11;/h9,11,18H,1-8,10H2,(H,19,20);1H. The van der Waals surface area contributed by atoms with Gasteiger partial charge in [0.25, 0.3) is 0 Å². The molecular weight excluding hydrogens is 363 g/mol. The molecule has 2 heterocycles. The minimum absolute atomic E-state index is 0. The molecule has 0 spiro atoms. The van der Waals surface area contributed by atoms with Gasteiger partial charge in [0.15, 0.2) is 0 Å². The lowest BCUT2D eigenvalue weighted by Crippen LogP contribution is -2.33. The summed E-state index contributed by atoms with van der Waals surface area (Å²) in [5.41, 5.74) is 1.05. The smallest absolute Gasteiger partial charge is 0.220 e. The fourth-order valence-electron chi connectivity index (χ4n) is 2.66. The number of hydrogen-bond donors (Lipinski definition) is 2. The molecule has 1 aliphatic rings. The molecule has 1 aromatic heterocycles. The number of halogens is 3. The third-order valence-electron chi connectivity index (χ3n) is 3.85. The van der Waals surface area contributed by atoms with Gasteiger partial charge in [0.2, 0.25) is 5.91 Å². The molecular formula is C15H23Cl3N2OS. The topological polar surface area (TPSA) is 41.1 Å². The second kappa shape index (κ2) is 10.7. The molecule has 0 aromatic carbocycles. The van der Waals surface area contributed by atoms with Crippen LogP contribution in [0.2, 0.25) is 8.67 Å². The quantitative estimate of drug-likeness (QED) is 0.734. The number of nitrogens with one attached hydrogen (secondary N) is 2. The molecule has 7 heteroatoms. The van der Waals surface area contributed by atoms with E-state index in [0.717, 1.165) is 48.8 Å². The van der Waals surface area contributed by atoms with E-state index in [4.69, 9.17) is 23.2 Å². The predicted molar refractivity (Wildman–Crippen MR) is 97.7 cm³/mol. The average Bonchev–Trinajstić information content (AvgIpc) is 2.78. The predicted octanol–water partition coefficient (Wildman–Crippen LogP) is 4.31. The van der Waals surface area contributed by atoms with Crippen molar-refractivity contribution in [2.45, 2.75) is 38.5 Å². The van der Waals surface area contributed by atoms with Crippen LogP contribution in [0.3, 0.4) is 0 Å². The minimum atomic E-state index is 0. The Morgan fingerprint density at radius 3 is 2.91 bits per heavy atom. The minimum Gasteiger partial charge on any atom is -0.356 e. The molecule has 0 radical (unpaired) electrons. The molecule has 1 fully saturated rings. The van der Waals surface area contributed by atoms with Gasteiger partial charge in [-0.3, -0.25) is 4.79 Å². The summed E-state index contributed by atoms with van der Waals surface area (Å²) in [5.74, 6) is 0.849. The molecule has 0 saturated carbocycles. The zero-order chi connectivity index (χ0) is 15.1. The van der Waals surface area contributed by atoms with Gasteiger partial charge in [-0.25, -0.2) is 0 Å². The van der Waals surface area contributed by atoms with E-state index < -0.39 is 0 Å². The molecule has 22 heavy (non-hydrogen) atoms. The average molecular weight is 386 g/mol. The van der Waals surface area contributed by atoms with Crippen molar-refractivity contribution in [1.82, 2.24) is 10.6 Å². The van der Waals surface area contributed by atoms with Gasteiger partial charge >= 0.3 is 0 Å². The molecule has 1 amide bonds. The second-order valence-corrected chi connectivity index (χ2v) is 7.84. The highest BCUT2D eigenvalue weighted by atomic mass is 35.5. The van der Waals surface area contributed by atoms with Crippen LogP contribution in [-0.2, 0) is 11.2 Å². The second-order valence-electron chi connectivity index (χ2n) is 5.55. The van der Waals surface area contributed by atoms with E-state index in [2.05, 4.69) is 10.6 Å². The number of amides is 1. The number of hydrogen-bond acceptors (Lipinski definition) is 3. The van der Waals surface area contributed by atoms with E-state index in [-0.39, 0.29) is 18.3 Å². The van der Waals surface area contributed by atoms with Crippen LogP contribution in [0.4, 0.5) is 0 Å². The first-order valence-corrected chi connectivity index (χ1v) is 9.13. The van der Waals surface area contributed by atoms with Crippen molar-refractivity contribution < 1.29 is 4.79 Å². The highest BCUT2D eigenvalue weighted by molar-refractivity contribution is 7.20. The molecule has 3 nitrogen and oxygen atoms in total. The van der Waals surface area contributed by atoms with Crippen LogP contribution in [0, 0.1) is 5.92 Å². The Labute approximate surface area is 152 Å². The van der Waals surface area contributed by atoms with Crippen LogP contribution in [0.1, 0.15) is 37.7 Å². The van der Waals surface area contributed by atoms with E-state index in [1.54, 1.807) is 0 Å². The maximum absolute atomic E-state index is 11.8. The Hall–Kier alpha value is -0.000000000000000104. The van der Waals surface area contributed by atoms with Crippen molar-refractivity contribution in [3.8, 4) is 0 Å². The summed E-state index contributed by atoms with van der Waals surface area (Å²) in [6.07, 6.45) is 5.77. The van der Waals surface area contributed by atoms with Crippen molar-refractivity contribution >= 4 is 52.9 Å². The molecule has 2 rings (SSSR count). The molecule has 1 saturated heterocycles. The lowest BCUT2D eigenvalue weighted by atomic mass is 9.96. The summed E-state index contributed by atoms with van der Waals surface area (Å²) in [6, 6.07) is 1.89. The van der Waals surface area contributed by atoms with E-state index in [1.807, 2.05) is 6.07 Å². The monoisotopic (exact) mass is 384 g/mol. The Morgan fingerprint density at radius 2 is 2.27 bits per heavy atom. The number of piperidine rings is 1. The zero-order valence-electron chi connectivity index (χ0n) is 12.5. The van der Waals surface area contributed by atoms with E-state index in [9.17, 15) is 4.79 Å². The third kappa shape index (κ3) is 7.05. The van der Waals surface area contributed by atoms with Gasteiger partial charge in [0.05, 0.1) is 8.67 Å². The number of thiophene rings is 1. The number of aryl methyl sites for hydroxylation is 1. The first-order valence-electron chi connectivity index (χ1n) is 7.56. The van der Waals surface area contributed by atoms with Crippen LogP contribution in [0.5, 0.6) is 0 Å². The number of carbonyl (C=O) groups excluding carboxylic acids is 1. The normalized spacial score (nSPS) is 17.8. The van der Waals surface area contributed by atoms with Crippen LogP contribution < -0.4 is 10.6 Å². The van der Waals surface area contributed by atoms with E-state index in [0.29, 0.717) is 16.7 Å². The van der Waals surface area contributed by atoms with Gasteiger partial charge < -0.3 is 10.6 Å². The molecule has 1 aromatic rings. The molecule has 0 bridgehead atoms. The third-order valence-corrected chi connectivity index (χ3v) is 5.42. The van der Waals surface area contributed by atoms with Crippen molar-refractivity contribution in [3.05, 3.63) is 20.3 Å². The van der Waals surface area contributed by atoms with Gasteiger partial charge in [0.1, 0.15) is 0 Å². The summed E-state index contributed by atoms with van der Waals surface area (Å²) in [4.78, 5) is 11.8. The van der Waals surface area contributed by atoms with E-state index >= 15 is 0 Å². The Kier molecular flexibility index (Phi) is 9.76. The van der Waals surface area contributed by atoms with Gasteiger partial charge in [-0.2, -0.15) is 0 Å². The molecule has 1 unspecified atom stereocenters. The highest BCUT2D eigenvalue weighted by Crippen LogP contribution is 2.31. The lowest BCUT2D eigenvalue weighted by Gasteiger charge is -2.22. The largest absolute Gasteiger partial charge is 0.356 e. The van der Waals surface area contributed by atoms with Crippen LogP contribution in [0.15, 0.2) is 6.07 Å². The van der Waals surface area contributed by atoms with E-state index in [1.165, 1.54) is 24.2 Å². The van der Waals surface area contributed by atoms with Crippen LogP contribution in [0.25, 0.3) is 0 Å². The highest BCUT2D eigenvalue weighted by Gasteiger charge is 2.13. The maximum Gasteiger partial charge on any atom is 0.220 e. The van der Waals surface area contributed by atoms with Gasteiger partial charge in [-0.15, -0.1) is 23.7 Å². The molecule has 126 valence electrons. The summed E-state index contributed by atoms with van der Waals surface area (Å²) in [5, 5.41) is 6.41. The van der Waals surface area contributed by atoms with Crippen LogP contribution >= 0.6 is 46.9 Å². The fourth-order valence-corrected chi connectivity index (χ4v) is 4.20. The number of rotatable bonds is 7. The van der Waals surface area contributed by atoms with Gasteiger partial charge in [0, 0.05) is 13.0 Å². The fraction of sp³-hybridized carbons (Fsp3) is 0.667. The van der Waals surface area contributed by atoms with Crippen molar-refractivity contribution in [3.63, 3.8) is 0 Å². The van der Waals surface area contributed by atoms with Gasteiger partial charge in [-0.05, 0) is 62.7 Å². The molecule has 1 aliphatic heterocycles. The SMILES string of the molecule is Cl.O=C(CCCc1cc(Cl)sc1Cl)NCCC1CCCNC1. The summed E-state index contributed by atoms with van der Waals surface area (Å²) < 4.78 is 1.45. The first kappa shape index (κ1) is 20.0. The van der Waals surface area contributed by atoms with Crippen molar-refractivity contribution in [2.24, 2.45) is 5.92 Å². The molecule has 1 atom stereocenters. The summed E-state index contributed by atoms with van der Waals surface area (Å²) in [6.45, 7) is 3.02. The number of carbonyl (C=O) groups is 1. The molecule has 2 N–H and O–H groups in total.